The number of carbonyl (C=O) groups excluding carboxylic acids is 1. The number of esters is 1. The number of ether oxygens (including phenoxy) is 4. The lowest BCUT2D eigenvalue weighted by Crippen LogP contribution is -2.59. The van der Waals surface area contributed by atoms with Crippen molar-refractivity contribution >= 4 is 5.97 Å². The lowest BCUT2D eigenvalue weighted by Gasteiger charge is -2.39. The maximum Gasteiger partial charge on any atom is 0.306 e. The van der Waals surface area contributed by atoms with Crippen LogP contribution >= 0.6 is 0 Å². The van der Waals surface area contributed by atoms with Crippen molar-refractivity contribution in [3.8, 4) is 0 Å². The van der Waals surface area contributed by atoms with Gasteiger partial charge in [0.1, 0.15) is 30.5 Å². The van der Waals surface area contributed by atoms with Gasteiger partial charge in [0.2, 0.25) is 0 Å². The van der Waals surface area contributed by atoms with E-state index in [0.29, 0.717) is 13.0 Å². The predicted molar refractivity (Wildman–Crippen MR) is 256 cm³/mol. The fourth-order valence-electron chi connectivity index (χ4n) is 7.67. The van der Waals surface area contributed by atoms with E-state index in [0.717, 1.165) is 51.4 Å². The highest BCUT2D eigenvalue weighted by atomic mass is 16.7. The number of aliphatic hydroxyl groups is 4. The van der Waals surface area contributed by atoms with Gasteiger partial charge in [-0.25, -0.2) is 0 Å². The SMILES string of the molecule is CCCCC/C=C\C/C=C\CCCCCCCCCC(=O)OC(COCCCCCCCCCCCC/C=C\C/C=C\CCCCCCC)COC1OC(CO)C(O)C(O)C1O. The van der Waals surface area contributed by atoms with Crippen LogP contribution in [0.5, 0.6) is 0 Å². The summed E-state index contributed by atoms with van der Waals surface area (Å²) in [4.78, 5) is 12.8. The Kier molecular flexibility index (Phi) is 41.6. The molecule has 0 amide bonds. The minimum atomic E-state index is -1.54. The van der Waals surface area contributed by atoms with E-state index in [4.69, 9.17) is 18.9 Å². The second kappa shape index (κ2) is 44.4. The molecule has 9 nitrogen and oxygen atoms in total. The first-order chi connectivity index (χ1) is 30.4. The summed E-state index contributed by atoms with van der Waals surface area (Å²) in [5.41, 5.74) is 0. The molecule has 4 N–H and O–H groups in total. The summed E-state index contributed by atoms with van der Waals surface area (Å²) < 4.78 is 22.9. The van der Waals surface area contributed by atoms with Crippen LogP contribution in [0.1, 0.15) is 219 Å². The van der Waals surface area contributed by atoms with Crippen molar-refractivity contribution in [1.29, 1.82) is 0 Å². The first-order valence-electron chi connectivity index (χ1n) is 25.7. The van der Waals surface area contributed by atoms with Crippen molar-refractivity contribution < 1.29 is 44.2 Å². The Labute approximate surface area is 380 Å². The van der Waals surface area contributed by atoms with Crippen molar-refractivity contribution in [1.82, 2.24) is 0 Å². The Hall–Kier alpha value is -1.85. The summed E-state index contributed by atoms with van der Waals surface area (Å²) in [6.07, 6.45) is 48.5. The van der Waals surface area contributed by atoms with Crippen LogP contribution in [0.3, 0.4) is 0 Å². The number of aliphatic hydroxyl groups excluding tert-OH is 4. The van der Waals surface area contributed by atoms with Gasteiger partial charge in [0, 0.05) is 13.0 Å². The van der Waals surface area contributed by atoms with Gasteiger partial charge in [-0.2, -0.15) is 0 Å². The van der Waals surface area contributed by atoms with Gasteiger partial charge in [0.25, 0.3) is 0 Å². The molecule has 1 saturated heterocycles. The van der Waals surface area contributed by atoms with Crippen molar-refractivity contribution in [2.24, 2.45) is 0 Å². The molecule has 0 saturated carbocycles. The largest absolute Gasteiger partial charge is 0.457 e. The molecule has 0 bridgehead atoms. The van der Waals surface area contributed by atoms with Crippen molar-refractivity contribution in [3.05, 3.63) is 48.6 Å². The van der Waals surface area contributed by atoms with Crippen LogP contribution in [-0.4, -0.2) is 89.6 Å². The van der Waals surface area contributed by atoms with Gasteiger partial charge in [0.05, 0.1) is 19.8 Å². The van der Waals surface area contributed by atoms with E-state index in [-0.39, 0.29) is 19.2 Å². The Morgan fingerprint density at radius 3 is 1.42 bits per heavy atom. The lowest BCUT2D eigenvalue weighted by molar-refractivity contribution is -0.305. The third kappa shape index (κ3) is 34.5. The van der Waals surface area contributed by atoms with Crippen LogP contribution in [0, 0.1) is 0 Å². The molecule has 0 spiro atoms. The summed E-state index contributed by atoms with van der Waals surface area (Å²) in [6.45, 7) is 4.52. The van der Waals surface area contributed by atoms with Gasteiger partial charge in [-0.05, 0) is 77.0 Å². The molecule has 1 heterocycles. The van der Waals surface area contributed by atoms with Gasteiger partial charge >= 0.3 is 5.97 Å². The zero-order valence-electron chi connectivity index (χ0n) is 39.9. The summed E-state index contributed by atoms with van der Waals surface area (Å²) in [5, 5.41) is 40.2. The predicted octanol–water partition coefficient (Wildman–Crippen LogP) is 12.5. The van der Waals surface area contributed by atoms with E-state index in [1.165, 1.54) is 148 Å². The normalized spacial score (nSPS) is 20.1. The van der Waals surface area contributed by atoms with Gasteiger partial charge in [-0.3, -0.25) is 4.79 Å². The molecule has 0 aromatic heterocycles. The molecule has 0 radical (unpaired) electrons. The van der Waals surface area contributed by atoms with Gasteiger partial charge < -0.3 is 39.4 Å². The second-order valence-corrected chi connectivity index (χ2v) is 17.6. The molecule has 9 heteroatoms. The minimum absolute atomic E-state index is 0.118. The number of unbranched alkanes of at least 4 members (excludes halogenated alkanes) is 25. The topological polar surface area (TPSA) is 135 Å². The van der Waals surface area contributed by atoms with E-state index in [9.17, 15) is 25.2 Å². The number of allylic oxidation sites excluding steroid dienone is 8. The van der Waals surface area contributed by atoms with Crippen LogP contribution < -0.4 is 0 Å². The third-order valence-electron chi connectivity index (χ3n) is 11.7. The molecule has 0 aromatic rings. The van der Waals surface area contributed by atoms with Gasteiger partial charge in [-0.15, -0.1) is 0 Å². The molecular weight excluding hydrogens is 781 g/mol. The van der Waals surface area contributed by atoms with Crippen molar-refractivity contribution in [3.63, 3.8) is 0 Å². The Morgan fingerprint density at radius 2 is 0.935 bits per heavy atom. The standard InChI is InChI=1S/C53H96O9/c1-3-5-7-9-11-13-15-17-19-21-22-23-24-25-27-29-31-33-35-37-39-41-43-59-45-47(46-60-53-52(58)51(57)50(56)48(44-54)62-53)61-49(55)42-40-38-36-34-32-30-28-26-20-18-16-14-12-10-8-6-4-2/h12,14-15,17-18,20-22,47-48,50-54,56-58H,3-11,13,16,19,23-46H2,1-2H3/b14-12-,17-15-,20-18-,22-21-. The molecule has 0 aliphatic carbocycles. The quantitative estimate of drug-likeness (QED) is 0.0268. The highest BCUT2D eigenvalue weighted by Gasteiger charge is 2.44. The number of hydrogen-bond donors (Lipinski definition) is 4. The number of hydrogen-bond acceptors (Lipinski definition) is 9. The van der Waals surface area contributed by atoms with Gasteiger partial charge in [0.15, 0.2) is 6.29 Å². The zero-order chi connectivity index (χ0) is 45.0. The first-order valence-corrected chi connectivity index (χ1v) is 25.7. The summed E-state index contributed by atoms with van der Waals surface area (Å²) >= 11 is 0. The molecule has 1 rings (SSSR count). The van der Waals surface area contributed by atoms with Gasteiger partial charge in [-0.1, -0.05) is 184 Å². The van der Waals surface area contributed by atoms with E-state index < -0.39 is 43.4 Å². The van der Waals surface area contributed by atoms with Crippen LogP contribution in [0.25, 0.3) is 0 Å². The maximum absolute atomic E-state index is 12.8. The Morgan fingerprint density at radius 1 is 0.516 bits per heavy atom. The van der Waals surface area contributed by atoms with Crippen LogP contribution in [0.4, 0.5) is 0 Å². The smallest absolute Gasteiger partial charge is 0.306 e. The van der Waals surface area contributed by atoms with Crippen LogP contribution in [0.15, 0.2) is 48.6 Å². The molecule has 1 aliphatic heterocycles. The average molecular weight is 877 g/mol. The van der Waals surface area contributed by atoms with Crippen molar-refractivity contribution in [2.75, 3.05) is 26.4 Å². The fourth-order valence-corrected chi connectivity index (χ4v) is 7.67. The molecule has 62 heavy (non-hydrogen) atoms. The Bertz CT molecular complexity index is 1090. The molecule has 1 aliphatic rings. The highest BCUT2D eigenvalue weighted by Crippen LogP contribution is 2.23. The third-order valence-corrected chi connectivity index (χ3v) is 11.7. The molecule has 6 unspecified atom stereocenters. The fraction of sp³-hybridized carbons (Fsp3) is 0.830. The molecule has 0 aromatic carbocycles. The highest BCUT2D eigenvalue weighted by molar-refractivity contribution is 5.69. The summed E-state index contributed by atoms with van der Waals surface area (Å²) in [5.74, 6) is -0.322. The van der Waals surface area contributed by atoms with E-state index in [1.54, 1.807) is 0 Å². The second-order valence-electron chi connectivity index (χ2n) is 17.6. The van der Waals surface area contributed by atoms with Crippen LogP contribution in [-0.2, 0) is 23.7 Å². The monoisotopic (exact) mass is 877 g/mol. The molecule has 362 valence electrons. The minimum Gasteiger partial charge on any atom is -0.457 e. The first kappa shape index (κ1) is 58.2. The molecule has 6 atom stereocenters. The summed E-state index contributed by atoms with van der Waals surface area (Å²) in [7, 11) is 0. The average Bonchev–Trinajstić information content (AvgIpc) is 3.27. The van der Waals surface area contributed by atoms with E-state index in [2.05, 4.69) is 62.5 Å². The molecular formula is C53H96O9. The number of carbonyl (C=O) groups is 1. The van der Waals surface area contributed by atoms with Crippen LogP contribution in [0.2, 0.25) is 0 Å². The number of rotatable bonds is 44. The Balaban J connectivity index is 2.21. The summed E-state index contributed by atoms with van der Waals surface area (Å²) in [6, 6.07) is 0. The molecule has 1 fully saturated rings. The maximum atomic E-state index is 12.8. The van der Waals surface area contributed by atoms with E-state index >= 15 is 0 Å². The lowest BCUT2D eigenvalue weighted by atomic mass is 9.99. The van der Waals surface area contributed by atoms with Crippen molar-refractivity contribution in [2.45, 2.75) is 256 Å². The zero-order valence-corrected chi connectivity index (χ0v) is 39.9. The van der Waals surface area contributed by atoms with E-state index in [1.807, 2.05) is 0 Å².